The molecule has 0 aliphatic heterocycles. The molecule has 0 unspecified atom stereocenters. The quantitative estimate of drug-likeness (QED) is 0.587. The van der Waals surface area contributed by atoms with Crippen molar-refractivity contribution in [3.8, 4) is 5.75 Å². The van der Waals surface area contributed by atoms with Gasteiger partial charge in [0.1, 0.15) is 11.5 Å². The average Bonchev–Trinajstić information content (AvgIpc) is 2.27. The molecule has 2 nitrogen and oxygen atoms in total. The first-order valence-corrected chi connectivity index (χ1v) is 5.99. The molecule has 100 valence electrons. The van der Waals surface area contributed by atoms with Crippen molar-refractivity contribution in [2.75, 3.05) is 5.33 Å². The number of ether oxygens (including phenoxy) is 1. The van der Waals surface area contributed by atoms with Gasteiger partial charge in [0.15, 0.2) is 0 Å². The van der Waals surface area contributed by atoms with Gasteiger partial charge in [0.2, 0.25) is 0 Å². The van der Waals surface area contributed by atoms with Crippen LogP contribution in [-0.4, -0.2) is 17.7 Å². The maximum Gasteiger partial charge on any atom is 0.387 e. The summed E-state index contributed by atoms with van der Waals surface area (Å²) in [6, 6.07) is 3.08. The molecule has 0 aromatic heterocycles. The minimum absolute atomic E-state index is 0.0664. The van der Waals surface area contributed by atoms with Crippen LogP contribution in [0.15, 0.2) is 18.2 Å². The third kappa shape index (κ3) is 4.64. The third-order valence-corrected chi connectivity index (χ3v) is 2.64. The fourth-order valence-electron chi connectivity index (χ4n) is 1.36. The molecule has 0 saturated carbocycles. The molecular weight excluding hydrogens is 320 g/mol. The van der Waals surface area contributed by atoms with E-state index in [0.717, 1.165) is 18.2 Å². The Hall–Kier alpha value is -1.11. The van der Waals surface area contributed by atoms with Crippen molar-refractivity contribution in [2.45, 2.75) is 19.5 Å². The molecule has 1 aromatic rings. The predicted octanol–water partition coefficient (Wildman–Crippen LogP) is 3.73. The fraction of sp³-hybridized carbons (Fsp3) is 0.364. The second-order valence-electron chi connectivity index (χ2n) is 3.44. The number of Topliss-reactive ketones (excluding diaryl/α,β-unsaturated/α-hetero) is 1. The Kier molecular flexibility index (Phi) is 5.58. The van der Waals surface area contributed by atoms with Crippen molar-refractivity contribution in [2.24, 2.45) is 0 Å². The van der Waals surface area contributed by atoms with Crippen molar-refractivity contribution >= 4 is 21.7 Å². The Balaban J connectivity index is 3.01. The Bertz CT molecular complexity index is 424. The zero-order valence-corrected chi connectivity index (χ0v) is 10.6. The summed E-state index contributed by atoms with van der Waals surface area (Å²) in [6.45, 7) is -3.10. The molecule has 0 bridgehead atoms. The first kappa shape index (κ1) is 14.9. The Labute approximate surface area is 109 Å². The highest BCUT2D eigenvalue weighted by Crippen LogP contribution is 2.26. The summed E-state index contributed by atoms with van der Waals surface area (Å²) in [4.78, 5) is 11.2. The zero-order chi connectivity index (χ0) is 13.7. The molecule has 7 heteroatoms. The second-order valence-corrected chi connectivity index (χ2v) is 4.00. The molecule has 18 heavy (non-hydrogen) atoms. The van der Waals surface area contributed by atoms with Gasteiger partial charge < -0.3 is 4.74 Å². The van der Waals surface area contributed by atoms with Crippen LogP contribution in [0.1, 0.15) is 17.6 Å². The summed E-state index contributed by atoms with van der Waals surface area (Å²) in [7, 11) is 0. The number of ketones is 1. The first-order chi connectivity index (χ1) is 8.42. The van der Waals surface area contributed by atoms with Gasteiger partial charge in [-0.25, -0.2) is 8.78 Å². The molecule has 0 atom stereocenters. The Morgan fingerprint density at radius 3 is 2.39 bits per heavy atom. The van der Waals surface area contributed by atoms with Gasteiger partial charge in [-0.1, -0.05) is 15.9 Å². The standard InChI is InChI=1S/C11H9BrF4O2/c12-5-8(17)2-6-1-7(10(13)14)4-9(3-6)18-11(15)16/h1,3-4,10-11H,2,5H2. The van der Waals surface area contributed by atoms with Crippen molar-refractivity contribution in [1.29, 1.82) is 0 Å². The number of carbonyl (C=O) groups excluding carboxylic acids is 1. The fourth-order valence-corrected chi connectivity index (χ4v) is 1.56. The van der Waals surface area contributed by atoms with E-state index in [1.54, 1.807) is 0 Å². The van der Waals surface area contributed by atoms with Gasteiger partial charge in [-0.3, -0.25) is 4.79 Å². The maximum atomic E-state index is 12.5. The normalized spacial score (nSPS) is 11.1. The van der Waals surface area contributed by atoms with Crippen LogP contribution in [0.25, 0.3) is 0 Å². The number of halogens is 5. The molecular formula is C11H9BrF4O2. The molecule has 1 aromatic carbocycles. The van der Waals surface area contributed by atoms with Gasteiger partial charge in [0.25, 0.3) is 6.43 Å². The molecule has 0 aliphatic rings. The molecule has 0 fully saturated rings. The highest BCUT2D eigenvalue weighted by atomic mass is 79.9. The van der Waals surface area contributed by atoms with Crippen LogP contribution in [0, 0.1) is 0 Å². The smallest absolute Gasteiger partial charge is 0.387 e. The third-order valence-electron chi connectivity index (χ3n) is 2.02. The first-order valence-electron chi connectivity index (χ1n) is 4.87. The molecule has 0 saturated heterocycles. The van der Waals surface area contributed by atoms with E-state index in [9.17, 15) is 22.4 Å². The summed E-state index contributed by atoms with van der Waals surface area (Å²) in [5, 5.41) is 0.0664. The second kappa shape index (κ2) is 6.72. The number of carbonyl (C=O) groups is 1. The van der Waals surface area contributed by atoms with Crippen LogP contribution < -0.4 is 4.74 Å². The van der Waals surface area contributed by atoms with Crippen LogP contribution in [0.3, 0.4) is 0 Å². The number of rotatable bonds is 6. The van der Waals surface area contributed by atoms with E-state index in [1.165, 1.54) is 0 Å². The molecule has 0 N–H and O–H groups in total. The lowest BCUT2D eigenvalue weighted by molar-refractivity contribution is -0.115. The van der Waals surface area contributed by atoms with Crippen LogP contribution in [0.2, 0.25) is 0 Å². The van der Waals surface area contributed by atoms with E-state index < -0.39 is 18.6 Å². The molecule has 0 amide bonds. The van der Waals surface area contributed by atoms with Crippen LogP contribution in [0.5, 0.6) is 5.75 Å². The lowest BCUT2D eigenvalue weighted by atomic mass is 10.1. The SMILES string of the molecule is O=C(CBr)Cc1cc(OC(F)F)cc(C(F)F)c1. The van der Waals surface area contributed by atoms with Crippen LogP contribution in [-0.2, 0) is 11.2 Å². The summed E-state index contributed by atoms with van der Waals surface area (Å²) >= 11 is 2.93. The summed E-state index contributed by atoms with van der Waals surface area (Å²) in [6.07, 6.45) is -2.94. The van der Waals surface area contributed by atoms with Crippen LogP contribution >= 0.6 is 15.9 Å². The molecule has 0 spiro atoms. The maximum absolute atomic E-state index is 12.5. The zero-order valence-electron chi connectivity index (χ0n) is 9.01. The van der Waals surface area contributed by atoms with Gasteiger partial charge in [0.05, 0.1) is 5.33 Å². The average molecular weight is 329 g/mol. The Morgan fingerprint density at radius 2 is 1.89 bits per heavy atom. The monoisotopic (exact) mass is 328 g/mol. The largest absolute Gasteiger partial charge is 0.435 e. The van der Waals surface area contributed by atoms with Gasteiger partial charge in [-0.2, -0.15) is 8.78 Å². The van der Waals surface area contributed by atoms with Gasteiger partial charge in [-0.15, -0.1) is 0 Å². The van der Waals surface area contributed by atoms with Crippen molar-refractivity contribution in [1.82, 2.24) is 0 Å². The lowest BCUT2D eigenvalue weighted by Gasteiger charge is -2.09. The van der Waals surface area contributed by atoms with Crippen LogP contribution in [0.4, 0.5) is 17.6 Å². The van der Waals surface area contributed by atoms with E-state index in [-0.39, 0.29) is 28.8 Å². The number of alkyl halides is 5. The van der Waals surface area contributed by atoms with Crippen molar-refractivity contribution in [3.63, 3.8) is 0 Å². The van der Waals surface area contributed by atoms with E-state index in [4.69, 9.17) is 0 Å². The number of benzene rings is 1. The molecule has 0 radical (unpaired) electrons. The minimum Gasteiger partial charge on any atom is -0.435 e. The van der Waals surface area contributed by atoms with Crippen molar-refractivity contribution < 1.29 is 27.1 Å². The van der Waals surface area contributed by atoms with E-state index in [0.29, 0.717) is 0 Å². The minimum atomic E-state index is -3.10. The highest BCUT2D eigenvalue weighted by molar-refractivity contribution is 9.09. The van der Waals surface area contributed by atoms with E-state index >= 15 is 0 Å². The van der Waals surface area contributed by atoms with Gasteiger partial charge in [-0.05, 0) is 23.8 Å². The summed E-state index contributed by atoms with van der Waals surface area (Å²) in [5.41, 5.74) is -0.238. The number of hydrogen-bond donors (Lipinski definition) is 0. The topological polar surface area (TPSA) is 26.3 Å². The predicted molar refractivity (Wildman–Crippen MR) is 60.5 cm³/mol. The van der Waals surface area contributed by atoms with Crippen molar-refractivity contribution in [3.05, 3.63) is 29.3 Å². The Morgan fingerprint density at radius 1 is 1.22 bits per heavy atom. The molecule has 1 rings (SSSR count). The summed E-state index contributed by atoms with van der Waals surface area (Å²) in [5.74, 6) is -0.621. The van der Waals surface area contributed by atoms with E-state index in [2.05, 4.69) is 20.7 Å². The van der Waals surface area contributed by atoms with Gasteiger partial charge in [0, 0.05) is 12.0 Å². The van der Waals surface area contributed by atoms with Gasteiger partial charge >= 0.3 is 6.61 Å². The summed E-state index contributed by atoms with van der Waals surface area (Å²) < 4.78 is 53.2. The molecule has 0 heterocycles. The highest BCUT2D eigenvalue weighted by Gasteiger charge is 2.14. The van der Waals surface area contributed by atoms with E-state index in [1.807, 2.05) is 0 Å². The lowest BCUT2D eigenvalue weighted by Crippen LogP contribution is -2.06. The number of hydrogen-bond acceptors (Lipinski definition) is 2. The molecule has 0 aliphatic carbocycles.